The quantitative estimate of drug-likeness (QED) is 0.782. The van der Waals surface area contributed by atoms with Gasteiger partial charge >= 0.3 is 5.97 Å². The summed E-state index contributed by atoms with van der Waals surface area (Å²) in [4.78, 5) is 34.1. The van der Waals surface area contributed by atoms with Gasteiger partial charge in [0.1, 0.15) is 5.71 Å². The lowest BCUT2D eigenvalue weighted by atomic mass is 10.2. The van der Waals surface area contributed by atoms with Gasteiger partial charge < -0.3 is 10.1 Å². The van der Waals surface area contributed by atoms with Crippen molar-refractivity contribution in [2.24, 2.45) is 5.10 Å². The number of benzene rings is 1. The van der Waals surface area contributed by atoms with Crippen LogP contribution in [-0.4, -0.2) is 30.1 Å². The fourth-order valence-electron chi connectivity index (χ4n) is 1.69. The Morgan fingerprint density at radius 1 is 1.27 bits per heavy atom. The molecule has 1 aliphatic rings. The zero-order valence-electron chi connectivity index (χ0n) is 11.6. The average Bonchev–Trinajstić information content (AvgIpc) is 2.52. The molecule has 1 aliphatic heterocycles. The molecule has 0 bridgehead atoms. The fraction of sp³-hybridized carbons (Fsp3) is 0.286. The summed E-state index contributed by atoms with van der Waals surface area (Å²) in [7, 11) is 0. The van der Waals surface area contributed by atoms with Crippen molar-refractivity contribution < 1.29 is 19.1 Å². The molecule has 0 fully saturated rings. The molecular formula is C14H14ClN3O4. The maximum atomic E-state index is 11.6. The highest BCUT2D eigenvalue weighted by atomic mass is 35.5. The van der Waals surface area contributed by atoms with Crippen LogP contribution in [-0.2, 0) is 25.7 Å². The summed E-state index contributed by atoms with van der Waals surface area (Å²) in [5.41, 5.74) is 3.17. The summed E-state index contributed by atoms with van der Waals surface area (Å²) in [6, 6.07) is 7.01. The maximum Gasteiger partial charge on any atom is 0.355 e. The van der Waals surface area contributed by atoms with Crippen LogP contribution in [0.4, 0.5) is 0 Å². The number of nitrogens with zero attached hydrogens (tertiary/aromatic N) is 1. The van der Waals surface area contributed by atoms with Crippen molar-refractivity contribution in [3.05, 3.63) is 34.9 Å². The van der Waals surface area contributed by atoms with Gasteiger partial charge in [-0.2, -0.15) is 5.10 Å². The van der Waals surface area contributed by atoms with Crippen molar-refractivity contribution >= 4 is 35.1 Å². The SMILES string of the molecule is O=C(COC(=O)C1=NNC(=O)CC1)NCc1ccc(Cl)cc1. The normalized spacial score (nSPS) is 13.9. The molecule has 2 amide bonds. The van der Waals surface area contributed by atoms with Gasteiger partial charge in [0.15, 0.2) is 6.61 Å². The van der Waals surface area contributed by atoms with E-state index in [1.807, 2.05) is 0 Å². The van der Waals surface area contributed by atoms with Crippen LogP contribution >= 0.6 is 11.6 Å². The van der Waals surface area contributed by atoms with Gasteiger partial charge in [0.05, 0.1) is 0 Å². The van der Waals surface area contributed by atoms with E-state index in [9.17, 15) is 14.4 Å². The Bertz CT molecular complexity index is 613. The number of hydrogen-bond acceptors (Lipinski definition) is 5. The zero-order chi connectivity index (χ0) is 15.9. The number of ether oxygens (including phenoxy) is 1. The fourth-order valence-corrected chi connectivity index (χ4v) is 1.82. The van der Waals surface area contributed by atoms with E-state index in [1.165, 1.54) is 0 Å². The number of carbonyl (C=O) groups excluding carboxylic acids is 3. The Hall–Kier alpha value is -2.41. The molecule has 2 N–H and O–H groups in total. The molecule has 116 valence electrons. The van der Waals surface area contributed by atoms with Crippen molar-refractivity contribution in [1.29, 1.82) is 0 Å². The lowest BCUT2D eigenvalue weighted by molar-refractivity contribution is -0.142. The summed E-state index contributed by atoms with van der Waals surface area (Å²) >= 11 is 5.76. The second-order valence-electron chi connectivity index (χ2n) is 4.57. The summed E-state index contributed by atoms with van der Waals surface area (Å²) in [5.74, 6) is -1.39. The molecule has 8 heteroatoms. The Labute approximate surface area is 131 Å². The first-order chi connectivity index (χ1) is 10.5. The number of rotatable bonds is 5. The van der Waals surface area contributed by atoms with E-state index in [4.69, 9.17) is 16.3 Å². The van der Waals surface area contributed by atoms with Crippen molar-refractivity contribution in [2.75, 3.05) is 6.61 Å². The molecular weight excluding hydrogens is 310 g/mol. The van der Waals surface area contributed by atoms with Crippen molar-refractivity contribution in [3.8, 4) is 0 Å². The van der Waals surface area contributed by atoms with E-state index >= 15 is 0 Å². The van der Waals surface area contributed by atoms with Crippen LogP contribution in [0.25, 0.3) is 0 Å². The standard InChI is InChI=1S/C14H14ClN3O4/c15-10-3-1-9(2-4-10)7-16-13(20)8-22-14(21)11-5-6-12(19)18-17-11/h1-4H,5-8H2,(H,16,20)(H,18,19). The summed E-state index contributed by atoms with van der Waals surface area (Å²) in [5, 5.41) is 6.82. The first kappa shape index (κ1) is 16.0. The molecule has 0 unspecified atom stereocenters. The van der Waals surface area contributed by atoms with Gasteiger partial charge in [0.2, 0.25) is 5.91 Å². The molecule has 0 radical (unpaired) electrons. The van der Waals surface area contributed by atoms with E-state index in [0.29, 0.717) is 11.6 Å². The molecule has 22 heavy (non-hydrogen) atoms. The second-order valence-corrected chi connectivity index (χ2v) is 5.01. The zero-order valence-corrected chi connectivity index (χ0v) is 12.4. The van der Waals surface area contributed by atoms with E-state index < -0.39 is 18.5 Å². The molecule has 0 saturated heterocycles. The predicted molar refractivity (Wildman–Crippen MR) is 79.1 cm³/mol. The largest absolute Gasteiger partial charge is 0.451 e. The van der Waals surface area contributed by atoms with E-state index in [2.05, 4.69) is 15.8 Å². The van der Waals surface area contributed by atoms with E-state index in [-0.39, 0.29) is 24.5 Å². The van der Waals surface area contributed by atoms with Gasteiger partial charge in [-0.05, 0) is 17.7 Å². The average molecular weight is 324 g/mol. The molecule has 0 saturated carbocycles. The number of nitrogens with one attached hydrogen (secondary N) is 2. The van der Waals surface area contributed by atoms with Crippen molar-refractivity contribution in [1.82, 2.24) is 10.7 Å². The smallest absolute Gasteiger partial charge is 0.355 e. The molecule has 0 atom stereocenters. The van der Waals surface area contributed by atoms with E-state index in [0.717, 1.165) is 5.56 Å². The van der Waals surface area contributed by atoms with Gasteiger partial charge in [0.25, 0.3) is 5.91 Å². The Morgan fingerprint density at radius 3 is 2.64 bits per heavy atom. The summed E-state index contributed by atoms with van der Waals surface area (Å²) in [6.45, 7) is -0.0933. The number of hydrazone groups is 1. The maximum absolute atomic E-state index is 11.6. The van der Waals surface area contributed by atoms with Gasteiger partial charge in [-0.15, -0.1) is 0 Å². The lowest BCUT2D eigenvalue weighted by Gasteiger charge is -2.11. The topological polar surface area (TPSA) is 96.9 Å². The highest BCUT2D eigenvalue weighted by Gasteiger charge is 2.20. The molecule has 1 aromatic carbocycles. The van der Waals surface area contributed by atoms with E-state index in [1.54, 1.807) is 24.3 Å². The molecule has 7 nitrogen and oxygen atoms in total. The van der Waals surface area contributed by atoms with Crippen LogP contribution < -0.4 is 10.7 Å². The van der Waals surface area contributed by atoms with Gasteiger partial charge in [-0.25, -0.2) is 10.2 Å². The minimum Gasteiger partial charge on any atom is -0.451 e. The minimum absolute atomic E-state index is 0.102. The van der Waals surface area contributed by atoms with Crippen LogP contribution in [0.2, 0.25) is 5.02 Å². The van der Waals surface area contributed by atoms with Crippen LogP contribution in [0, 0.1) is 0 Å². The molecule has 0 spiro atoms. The van der Waals surface area contributed by atoms with Crippen molar-refractivity contribution in [2.45, 2.75) is 19.4 Å². The van der Waals surface area contributed by atoms with Crippen LogP contribution in [0.15, 0.2) is 29.4 Å². The number of amides is 2. The van der Waals surface area contributed by atoms with Gasteiger partial charge in [0, 0.05) is 24.4 Å². The van der Waals surface area contributed by atoms with Crippen LogP contribution in [0.5, 0.6) is 0 Å². The second kappa shape index (κ2) is 7.56. The lowest BCUT2D eigenvalue weighted by Crippen LogP contribution is -2.33. The molecule has 0 aromatic heterocycles. The molecule has 1 aromatic rings. The molecule has 0 aliphatic carbocycles. The first-order valence-electron chi connectivity index (χ1n) is 6.58. The highest BCUT2D eigenvalue weighted by molar-refractivity contribution is 6.37. The van der Waals surface area contributed by atoms with Gasteiger partial charge in [-0.3, -0.25) is 9.59 Å². The third-order valence-electron chi connectivity index (χ3n) is 2.88. The first-order valence-corrected chi connectivity index (χ1v) is 6.96. The Morgan fingerprint density at radius 2 is 2.00 bits per heavy atom. The van der Waals surface area contributed by atoms with Crippen LogP contribution in [0.3, 0.4) is 0 Å². The highest BCUT2D eigenvalue weighted by Crippen LogP contribution is 2.09. The monoisotopic (exact) mass is 323 g/mol. The third kappa shape index (κ3) is 4.85. The third-order valence-corrected chi connectivity index (χ3v) is 3.13. The number of esters is 1. The Balaban J connectivity index is 1.72. The number of hydrogen-bond donors (Lipinski definition) is 2. The summed E-state index contributed by atoms with van der Waals surface area (Å²) in [6.07, 6.45) is 0.383. The minimum atomic E-state index is -0.707. The predicted octanol–water partition coefficient (Wildman–Crippen LogP) is 0.765. The van der Waals surface area contributed by atoms with Gasteiger partial charge in [-0.1, -0.05) is 23.7 Å². The van der Waals surface area contributed by atoms with Crippen molar-refractivity contribution in [3.63, 3.8) is 0 Å². The molecule has 2 rings (SSSR count). The number of carbonyl (C=O) groups is 3. The molecule has 1 heterocycles. The van der Waals surface area contributed by atoms with Crippen LogP contribution in [0.1, 0.15) is 18.4 Å². The summed E-state index contributed by atoms with van der Waals surface area (Å²) < 4.78 is 4.83. The number of halogens is 1. The Kier molecular flexibility index (Phi) is 5.48.